The molecule has 1 amide bonds. The third kappa shape index (κ3) is 2.93. The average molecular weight is 266 g/mol. The third-order valence-electron chi connectivity index (χ3n) is 3.08. The van der Waals surface area contributed by atoms with Crippen LogP contribution in [-0.2, 0) is 11.3 Å². The number of ether oxygens (including phenoxy) is 1. The number of phenolic OH excluding ortho intramolecular Hbond substituents is 1. The Bertz CT molecular complexity index is 517. The van der Waals surface area contributed by atoms with Crippen molar-refractivity contribution in [3.8, 4) is 11.5 Å². The smallest absolute Gasteiger partial charge is 0.230 e. The first-order chi connectivity index (χ1) is 9.02. The summed E-state index contributed by atoms with van der Waals surface area (Å²) in [5.74, 6) is -0.489. The first-order valence-corrected chi connectivity index (χ1v) is 5.80. The number of methoxy groups -OCH3 is 1. The van der Waals surface area contributed by atoms with Gasteiger partial charge in [0.15, 0.2) is 11.5 Å². The van der Waals surface area contributed by atoms with Crippen molar-refractivity contribution in [2.24, 2.45) is 5.92 Å². The van der Waals surface area contributed by atoms with Crippen LogP contribution in [-0.4, -0.2) is 29.1 Å². The highest BCUT2D eigenvalue weighted by atomic mass is 16.6. The van der Waals surface area contributed by atoms with Crippen molar-refractivity contribution < 1.29 is 19.6 Å². The Labute approximate surface area is 109 Å². The fraction of sp³-hybridized carbons (Fsp3) is 0.417. The van der Waals surface area contributed by atoms with Crippen LogP contribution in [0, 0.1) is 16.0 Å². The number of carbonyl (C=O) groups is 1. The van der Waals surface area contributed by atoms with Gasteiger partial charge in [0.25, 0.3) is 0 Å². The number of amides is 1. The standard InChI is InChI=1S/C12H14N2O5/c1-19-11-4-7(2-3-10(11)15)6-13-12(16)8-5-9(8)14(17)18/h2-4,8-9,15H,5-6H2,1H3,(H,13,16)/t8-,9+/m0/s1. The Morgan fingerprint density at radius 2 is 2.37 bits per heavy atom. The quantitative estimate of drug-likeness (QED) is 0.602. The molecule has 19 heavy (non-hydrogen) atoms. The van der Waals surface area contributed by atoms with E-state index in [-0.39, 0.29) is 18.2 Å². The maximum atomic E-state index is 11.6. The second-order valence-electron chi connectivity index (χ2n) is 4.42. The summed E-state index contributed by atoms with van der Waals surface area (Å²) in [5, 5.41) is 22.5. The number of aromatic hydroxyl groups is 1. The van der Waals surface area contributed by atoms with Gasteiger partial charge in [-0.3, -0.25) is 14.9 Å². The molecule has 0 saturated heterocycles. The number of nitro groups is 1. The molecule has 102 valence electrons. The summed E-state index contributed by atoms with van der Waals surface area (Å²) in [5.41, 5.74) is 0.751. The van der Waals surface area contributed by atoms with E-state index in [9.17, 15) is 20.0 Å². The molecular formula is C12H14N2O5. The van der Waals surface area contributed by atoms with Crippen LogP contribution in [0.3, 0.4) is 0 Å². The number of hydrogen-bond donors (Lipinski definition) is 2. The number of phenols is 1. The number of carbonyl (C=O) groups excluding carboxylic acids is 1. The van der Waals surface area contributed by atoms with Crippen molar-refractivity contribution in [3.63, 3.8) is 0 Å². The Hall–Kier alpha value is -2.31. The van der Waals surface area contributed by atoms with Gasteiger partial charge in [-0.05, 0) is 17.7 Å². The monoisotopic (exact) mass is 266 g/mol. The normalized spacial score (nSPS) is 20.7. The third-order valence-corrected chi connectivity index (χ3v) is 3.08. The zero-order valence-corrected chi connectivity index (χ0v) is 10.3. The molecule has 7 heteroatoms. The lowest BCUT2D eigenvalue weighted by atomic mass is 10.2. The summed E-state index contributed by atoms with van der Waals surface area (Å²) in [7, 11) is 1.43. The number of nitrogens with one attached hydrogen (secondary N) is 1. The van der Waals surface area contributed by atoms with Gasteiger partial charge >= 0.3 is 0 Å². The molecule has 1 aromatic rings. The van der Waals surface area contributed by atoms with Crippen molar-refractivity contribution >= 4 is 5.91 Å². The van der Waals surface area contributed by atoms with Crippen molar-refractivity contribution in [3.05, 3.63) is 33.9 Å². The first-order valence-electron chi connectivity index (χ1n) is 5.80. The van der Waals surface area contributed by atoms with E-state index in [2.05, 4.69) is 5.32 Å². The van der Waals surface area contributed by atoms with E-state index in [0.717, 1.165) is 5.56 Å². The SMILES string of the molecule is COc1cc(CNC(=O)[C@H]2C[C@H]2[N+](=O)[O-])ccc1O. The van der Waals surface area contributed by atoms with Gasteiger partial charge in [-0.25, -0.2) is 0 Å². The predicted molar refractivity (Wildman–Crippen MR) is 65.4 cm³/mol. The van der Waals surface area contributed by atoms with Crippen LogP contribution in [0.4, 0.5) is 0 Å². The molecule has 0 radical (unpaired) electrons. The summed E-state index contributed by atoms with van der Waals surface area (Å²) < 4.78 is 4.95. The van der Waals surface area contributed by atoms with Crippen LogP contribution < -0.4 is 10.1 Å². The molecule has 0 heterocycles. The van der Waals surface area contributed by atoms with Gasteiger partial charge in [-0.15, -0.1) is 0 Å². The Morgan fingerprint density at radius 1 is 1.63 bits per heavy atom. The van der Waals surface area contributed by atoms with Crippen LogP contribution in [0.15, 0.2) is 18.2 Å². The second kappa shape index (κ2) is 5.13. The number of benzene rings is 1. The molecule has 1 saturated carbocycles. The number of rotatable bonds is 5. The molecule has 0 aliphatic heterocycles. The van der Waals surface area contributed by atoms with Crippen LogP contribution in [0.2, 0.25) is 0 Å². The highest BCUT2D eigenvalue weighted by molar-refractivity contribution is 5.81. The summed E-state index contributed by atoms with van der Waals surface area (Å²) in [6.45, 7) is 0.246. The predicted octanol–water partition coefficient (Wildman–Crippen LogP) is 0.682. The fourth-order valence-corrected chi connectivity index (χ4v) is 1.85. The van der Waals surface area contributed by atoms with Gasteiger partial charge in [-0.2, -0.15) is 0 Å². The van der Waals surface area contributed by atoms with Gasteiger partial charge < -0.3 is 15.2 Å². The lowest BCUT2D eigenvalue weighted by Crippen LogP contribution is -2.26. The molecular weight excluding hydrogens is 252 g/mol. The maximum absolute atomic E-state index is 11.6. The fourth-order valence-electron chi connectivity index (χ4n) is 1.85. The maximum Gasteiger partial charge on any atom is 0.230 e. The second-order valence-corrected chi connectivity index (χ2v) is 4.42. The molecule has 1 aromatic carbocycles. The van der Waals surface area contributed by atoms with E-state index < -0.39 is 16.9 Å². The van der Waals surface area contributed by atoms with Crippen LogP contribution in [0.1, 0.15) is 12.0 Å². The van der Waals surface area contributed by atoms with E-state index in [1.165, 1.54) is 13.2 Å². The van der Waals surface area contributed by atoms with Gasteiger partial charge in [-0.1, -0.05) is 6.07 Å². The minimum absolute atomic E-state index is 0.0215. The van der Waals surface area contributed by atoms with Crippen molar-refractivity contribution in [1.29, 1.82) is 0 Å². The molecule has 2 N–H and O–H groups in total. The van der Waals surface area contributed by atoms with Gasteiger partial charge in [0.1, 0.15) is 5.92 Å². The zero-order chi connectivity index (χ0) is 14.0. The van der Waals surface area contributed by atoms with Gasteiger partial charge in [0.05, 0.1) is 7.11 Å². The topological polar surface area (TPSA) is 102 Å². The van der Waals surface area contributed by atoms with Crippen molar-refractivity contribution in [2.45, 2.75) is 19.0 Å². The highest BCUT2D eigenvalue weighted by Crippen LogP contribution is 2.33. The molecule has 1 aliphatic carbocycles. The molecule has 0 bridgehead atoms. The van der Waals surface area contributed by atoms with E-state index in [4.69, 9.17) is 4.74 Å². The molecule has 2 rings (SSSR count). The molecule has 0 spiro atoms. The van der Waals surface area contributed by atoms with Crippen LogP contribution in [0.25, 0.3) is 0 Å². The summed E-state index contributed by atoms with van der Waals surface area (Å²) >= 11 is 0. The Kier molecular flexibility index (Phi) is 3.55. The zero-order valence-electron chi connectivity index (χ0n) is 10.3. The summed E-state index contributed by atoms with van der Waals surface area (Å²) in [6, 6.07) is 3.98. The molecule has 1 fully saturated rings. The van der Waals surface area contributed by atoms with Gasteiger partial charge in [0, 0.05) is 17.9 Å². The van der Waals surface area contributed by atoms with Crippen molar-refractivity contribution in [2.75, 3.05) is 7.11 Å². The number of hydrogen-bond acceptors (Lipinski definition) is 5. The first kappa shape index (κ1) is 13.1. The minimum atomic E-state index is -0.741. The lowest BCUT2D eigenvalue weighted by molar-refractivity contribution is -0.497. The Morgan fingerprint density at radius 3 is 2.95 bits per heavy atom. The number of nitrogens with zero attached hydrogens (tertiary/aromatic N) is 1. The van der Waals surface area contributed by atoms with Crippen LogP contribution in [0.5, 0.6) is 11.5 Å². The molecule has 0 unspecified atom stereocenters. The summed E-state index contributed by atoms with van der Waals surface area (Å²) in [6.07, 6.45) is 0.303. The Balaban J connectivity index is 1.89. The van der Waals surface area contributed by atoms with Crippen LogP contribution >= 0.6 is 0 Å². The van der Waals surface area contributed by atoms with E-state index in [0.29, 0.717) is 12.2 Å². The largest absolute Gasteiger partial charge is 0.504 e. The molecule has 0 aromatic heterocycles. The van der Waals surface area contributed by atoms with Crippen molar-refractivity contribution in [1.82, 2.24) is 5.32 Å². The van der Waals surface area contributed by atoms with E-state index in [1.54, 1.807) is 12.1 Å². The van der Waals surface area contributed by atoms with E-state index >= 15 is 0 Å². The highest BCUT2D eigenvalue weighted by Gasteiger charge is 2.53. The molecule has 7 nitrogen and oxygen atoms in total. The molecule has 1 aliphatic rings. The molecule has 2 atom stereocenters. The lowest BCUT2D eigenvalue weighted by Gasteiger charge is -2.07. The van der Waals surface area contributed by atoms with E-state index in [1.807, 2.05) is 0 Å². The van der Waals surface area contributed by atoms with Gasteiger partial charge in [0.2, 0.25) is 11.9 Å². The minimum Gasteiger partial charge on any atom is -0.504 e. The average Bonchev–Trinajstić information content (AvgIpc) is 3.17. The summed E-state index contributed by atoms with van der Waals surface area (Å²) in [4.78, 5) is 21.6.